The highest BCUT2D eigenvalue weighted by Crippen LogP contribution is 2.30. The van der Waals surface area contributed by atoms with Crippen LogP contribution in [0, 0.1) is 0 Å². The summed E-state index contributed by atoms with van der Waals surface area (Å²) in [7, 11) is 0. The molecule has 2 heterocycles. The van der Waals surface area contributed by atoms with Crippen LogP contribution >= 0.6 is 11.8 Å². The zero-order valence-electron chi connectivity index (χ0n) is 8.61. The number of fused-ring (bicyclic) bond motifs is 1. The van der Waals surface area contributed by atoms with Crippen molar-refractivity contribution < 1.29 is 13.2 Å². The molecule has 0 radical (unpaired) electrons. The Labute approximate surface area is 99.0 Å². The summed E-state index contributed by atoms with van der Waals surface area (Å²) in [6, 6.07) is 3.41. The Morgan fingerprint density at radius 1 is 1.41 bits per heavy atom. The fourth-order valence-corrected chi connectivity index (χ4v) is 1.95. The smallest absolute Gasteiger partial charge is 0.369 e. The number of halogens is 3. The summed E-state index contributed by atoms with van der Waals surface area (Å²) in [5, 5.41) is 0. The monoisotopic (exact) mass is 262 g/mol. The highest BCUT2D eigenvalue weighted by Gasteiger charge is 2.27. The van der Waals surface area contributed by atoms with Gasteiger partial charge in [0.25, 0.3) is 0 Å². The Balaban J connectivity index is 2.15. The van der Waals surface area contributed by atoms with Crippen LogP contribution in [0.15, 0.2) is 18.3 Å². The highest BCUT2D eigenvalue weighted by atomic mass is 32.2. The number of aromatic nitrogens is 3. The van der Waals surface area contributed by atoms with E-state index in [1.165, 1.54) is 4.57 Å². The Kier molecular flexibility index (Phi) is 3.14. The Morgan fingerprint density at radius 3 is 2.88 bits per heavy atom. The number of imidazole rings is 1. The van der Waals surface area contributed by atoms with Crippen molar-refractivity contribution in [2.75, 3.05) is 11.5 Å². The number of nitrogens with zero attached hydrogens (tertiary/aromatic N) is 3. The van der Waals surface area contributed by atoms with Crippen molar-refractivity contribution in [2.45, 2.75) is 12.1 Å². The van der Waals surface area contributed by atoms with Gasteiger partial charge in [0.2, 0.25) is 5.95 Å². The van der Waals surface area contributed by atoms with Crippen LogP contribution in [0.4, 0.5) is 19.1 Å². The van der Waals surface area contributed by atoms with Gasteiger partial charge in [-0.25, -0.2) is 9.97 Å². The molecule has 0 aliphatic rings. The number of aryl methyl sites for hydroxylation is 1. The third-order valence-electron chi connectivity index (χ3n) is 2.11. The third kappa shape index (κ3) is 2.82. The van der Waals surface area contributed by atoms with Crippen molar-refractivity contribution in [3.8, 4) is 0 Å². The molecule has 2 rings (SSSR count). The molecule has 2 N–H and O–H groups in total. The van der Waals surface area contributed by atoms with Gasteiger partial charge < -0.3 is 5.73 Å². The van der Waals surface area contributed by atoms with Gasteiger partial charge in [0.05, 0.1) is 0 Å². The first-order valence-electron chi connectivity index (χ1n) is 4.75. The van der Waals surface area contributed by atoms with E-state index in [0.29, 0.717) is 11.2 Å². The first-order valence-corrected chi connectivity index (χ1v) is 5.73. The minimum atomic E-state index is -4.22. The van der Waals surface area contributed by atoms with Gasteiger partial charge in [0.15, 0.2) is 5.65 Å². The fourth-order valence-electron chi connectivity index (χ4n) is 1.45. The topological polar surface area (TPSA) is 56.7 Å². The van der Waals surface area contributed by atoms with Crippen LogP contribution in [-0.4, -0.2) is 25.8 Å². The molecule has 4 nitrogen and oxygen atoms in total. The zero-order valence-corrected chi connectivity index (χ0v) is 9.42. The van der Waals surface area contributed by atoms with Gasteiger partial charge in [-0.1, -0.05) is 0 Å². The summed E-state index contributed by atoms with van der Waals surface area (Å²) in [6.45, 7) is 0.128. The number of hydrogen-bond acceptors (Lipinski definition) is 4. The van der Waals surface area contributed by atoms with E-state index in [4.69, 9.17) is 5.73 Å². The van der Waals surface area contributed by atoms with Crippen LogP contribution in [0.5, 0.6) is 0 Å². The summed E-state index contributed by atoms with van der Waals surface area (Å²) in [5.74, 6) is 0.0666. The molecule has 0 amide bonds. The van der Waals surface area contributed by atoms with Crippen LogP contribution in [0.3, 0.4) is 0 Å². The normalized spacial score (nSPS) is 12.2. The van der Waals surface area contributed by atoms with Crippen molar-refractivity contribution in [1.29, 1.82) is 0 Å². The zero-order chi connectivity index (χ0) is 12.5. The van der Waals surface area contributed by atoms with Gasteiger partial charge in [-0.05, 0) is 23.9 Å². The quantitative estimate of drug-likeness (QED) is 0.921. The van der Waals surface area contributed by atoms with Crippen molar-refractivity contribution in [1.82, 2.24) is 14.5 Å². The molecule has 0 unspecified atom stereocenters. The van der Waals surface area contributed by atoms with E-state index in [-0.39, 0.29) is 30.0 Å². The third-order valence-corrected chi connectivity index (χ3v) is 2.83. The molecule has 0 atom stereocenters. The lowest BCUT2D eigenvalue weighted by molar-refractivity contribution is -0.0328. The molecule has 0 spiro atoms. The highest BCUT2D eigenvalue weighted by molar-refractivity contribution is 8.00. The van der Waals surface area contributed by atoms with E-state index in [1.54, 1.807) is 18.3 Å². The Bertz CT molecular complexity index is 522. The minimum absolute atomic E-state index is 0.0829. The molecule has 2 aromatic rings. The lowest BCUT2D eigenvalue weighted by Crippen LogP contribution is -2.09. The van der Waals surface area contributed by atoms with Crippen molar-refractivity contribution in [2.24, 2.45) is 0 Å². The molecule has 8 heteroatoms. The van der Waals surface area contributed by atoms with Gasteiger partial charge in [-0.2, -0.15) is 13.2 Å². The molecular weight excluding hydrogens is 253 g/mol. The minimum Gasteiger partial charge on any atom is -0.369 e. The molecule has 0 aromatic carbocycles. The Morgan fingerprint density at radius 2 is 2.18 bits per heavy atom. The number of anilines is 1. The van der Waals surface area contributed by atoms with E-state index < -0.39 is 5.51 Å². The van der Waals surface area contributed by atoms with Gasteiger partial charge >= 0.3 is 5.51 Å². The summed E-state index contributed by atoms with van der Waals surface area (Å²) in [4.78, 5) is 8.06. The van der Waals surface area contributed by atoms with Crippen LogP contribution in [0.25, 0.3) is 11.2 Å². The molecule has 0 saturated carbocycles. The average Bonchev–Trinajstić information content (AvgIpc) is 2.54. The number of thioether (sulfide) groups is 1. The summed E-state index contributed by atoms with van der Waals surface area (Å²) in [6.07, 6.45) is 1.55. The molecule has 0 fully saturated rings. The predicted molar refractivity (Wildman–Crippen MR) is 60.5 cm³/mol. The molecular formula is C9H9F3N4S. The van der Waals surface area contributed by atoms with E-state index in [9.17, 15) is 13.2 Å². The number of nitrogens with two attached hydrogens (primary N) is 1. The standard InChI is InChI=1S/C9H9F3N4S/c10-9(11,12)17-5-4-16-7-6(15-8(16)13)2-1-3-14-7/h1-3H,4-5H2,(H2,13,15). The Hall–Kier alpha value is -1.44. The molecule has 17 heavy (non-hydrogen) atoms. The molecule has 0 bridgehead atoms. The number of pyridine rings is 1. The summed E-state index contributed by atoms with van der Waals surface area (Å²) in [5.41, 5.74) is 2.49. The van der Waals surface area contributed by atoms with Gasteiger partial charge in [0.1, 0.15) is 5.52 Å². The number of rotatable bonds is 3. The second kappa shape index (κ2) is 4.44. The van der Waals surface area contributed by atoms with Gasteiger partial charge in [-0.3, -0.25) is 4.57 Å². The average molecular weight is 262 g/mol. The van der Waals surface area contributed by atoms with Crippen molar-refractivity contribution in [3.05, 3.63) is 18.3 Å². The van der Waals surface area contributed by atoms with Gasteiger partial charge in [0, 0.05) is 18.5 Å². The van der Waals surface area contributed by atoms with Gasteiger partial charge in [-0.15, -0.1) is 0 Å². The lowest BCUT2D eigenvalue weighted by Gasteiger charge is -2.07. The van der Waals surface area contributed by atoms with Crippen LogP contribution in [-0.2, 0) is 6.54 Å². The lowest BCUT2D eigenvalue weighted by atomic mass is 10.4. The summed E-state index contributed by atoms with van der Waals surface area (Å²) >= 11 is -0.0829. The van der Waals surface area contributed by atoms with E-state index in [0.717, 1.165) is 0 Å². The number of nitrogen functional groups attached to an aromatic ring is 1. The van der Waals surface area contributed by atoms with Crippen molar-refractivity contribution in [3.63, 3.8) is 0 Å². The molecule has 0 saturated heterocycles. The maximum Gasteiger partial charge on any atom is 0.441 e. The molecule has 92 valence electrons. The fraction of sp³-hybridized carbons (Fsp3) is 0.333. The molecule has 0 aliphatic carbocycles. The largest absolute Gasteiger partial charge is 0.441 e. The maximum atomic E-state index is 12.0. The second-order valence-electron chi connectivity index (χ2n) is 3.26. The first kappa shape index (κ1) is 12.0. The SMILES string of the molecule is Nc1nc2cccnc2n1CCSC(F)(F)F. The van der Waals surface area contributed by atoms with E-state index >= 15 is 0 Å². The molecule has 0 aliphatic heterocycles. The van der Waals surface area contributed by atoms with Crippen LogP contribution < -0.4 is 5.73 Å². The maximum absolute atomic E-state index is 12.0. The first-order chi connectivity index (χ1) is 7.97. The second-order valence-corrected chi connectivity index (χ2v) is 4.42. The number of alkyl halides is 3. The van der Waals surface area contributed by atoms with E-state index in [1.807, 2.05) is 0 Å². The predicted octanol–water partition coefficient (Wildman–Crippen LogP) is 2.27. The number of hydrogen-bond donors (Lipinski definition) is 1. The van der Waals surface area contributed by atoms with Crippen LogP contribution in [0.1, 0.15) is 0 Å². The van der Waals surface area contributed by atoms with Crippen molar-refractivity contribution >= 4 is 28.9 Å². The van der Waals surface area contributed by atoms with Crippen LogP contribution in [0.2, 0.25) is 0 Å². The molecule has 2 aromatic heterocycles. The summed E-state index contributed by atoms with van der Waals surface area (Å²) < 4.78 is 37.5. The van der Waals surface area contributed by atoms with E-state index in [2.05, 4.69) is 9.97 Å².